The number of benzene rings is 1. The number of carboxylic acids is 1. The molecule has 1 rings (SSSR count). The lowest BCUT2D eigenvalue weighted by atomic mass is 10.1. The van der Waals surface area contributed by atoms with Gasteiger partial charge in [0.15, 0.2) is 11.5 Å². The van der Waals surface area contributed by atoms with Crippen LogP contribution in [0.15, 0.2) is 12.1 Å². The van der Waals surface area contributed by atoms with Crippen molar-refractivity contribution in [3.05, 3.63) is 22.7 Å². The average Bonchev–Trinajstić information content (AvgIpc) is 2.52. The molecule has 2 N–H and O–H groups in total. The number of hydrogen-bond acceptors (Lipinski definition) is 4. The van der Waals surface area contributed by atoms with Gasteiger partial charge in [-0.05, 0) is 31.4 Å². The molecule has 0 aromatic heterocycles. The van der Waals surface area contributed by atoms with E-state index in [0.717, 1.165) is 6.42 Å². The minimum Gasteiger partial charge on any atom is -0.493 e. The predicted octanol–water partition coefficient (Wildman–Crippen LogP) is 3.12. The molecule has 0 aliphatic carbocycles. The molecule has 0 spiro atoms. The molecule has 128 valence electrons. The third-order valence-electron chi connectivity index (χ3n) is 3.05. The molecule has 1 aromatic rings. The molecule has 0 aliphatic heterocycles. The molecule has 1 aromatic carbocycles. The van der Waals surface area contributed by atoms with Gasteiger partial charge in [-0.25, -0.2) is 0 Å². The minimum absolute atomic E-state index is 0.0962. The molecule has 0 heterocycles. The van der Waals surface area contributed by atoms with E-state index in [1.165, 1.54) is 13.2 Å². The molecular weight excluding hydrogens is 322 g/mol. The van der Waals surface area contributed by atoms with Crippen molar-refractivity contribution < 1.29 is 24.2 Å². The van der Waals surface area contributed by atoms with Gasteiger partial charge in [-0.15, -0.1) is 0 Å². The lowest BCUT2D eigenvalue weighted by molar-refractivity contribution is -0.137. The zero-order valence-electron chi connectivity index (χ0n) is 13.4. The summed E-state index contributed by atoms with van der Waals surface area (Å²) >= 11 is 6.16. The van der Waals surface area contributed by atoms with Gasteiger partial charge in [-0.1, -0.05) is 18.5 Å². The quantitative estimate of drug-likeness (QED) is 0.637. The SMILES string of the molecule is CCCOc1c(Cl)cc(C(=O)NCCCCC(=O)O)cc1OC. The second-order valence-electron chi connectivity index (χ2n) is 4.94. The molecule has 0 aliphatic rings. The number of amides is 1. The highest BCUT2D eigenvalue weighted by Gasteiger charge is 2.15. The van der Waals surface area contributed by atoms with Crippen LogP contribution in [0, 0.1) is 0 Å². The van der Waals surface area contributed by atoms with Crippen LogP contribution < -0.4 is 14.8 Å². The van der Waals surface area contributed by atoms with Crippen molar-refractivity contribution in [2.75, 3.05) is 20.3 Å². The molecule has 23 heavy (non-hydrogen) atoms. The van der Waals surface area contributed by atoms with Crippen LogP contribution in [-0.2, 0) is 4.79 Å². The fourth-order valence-electron chi connectivity index (χ4n) is 1.90. The molecule has 0 atom stereocenters. The van der Waals surface area contributed by atoms with E-state index in [4.69, 9.17) is 26.2 Å². The zero-order valence-corrected chi connectivity index (χ0v) is 14.1. The van der Waals surface area contributed by atoms with Crippen LogP contribution in [0.1, 0.15) is 43.0 Å². The first-order chi connectivity index (χ1) is 11.0. The second-order valence-corrected chi connectivity index (χ2v) is 5.35. The number of aliphatic carboxylic acids is 1. The summed E-state index contributed by atoms with van der Waals surface area (Å²) < 4.78 is 10.8. The van der Waals surface area contributed by atoms with Crippen LogP contribution in [0.5, 0.6) is 11.5 Å². The number of ether oxygens (including phenoxy) is 2. The molecular formula is C16H22ClNO5. The number of carboxylic acid groups (broad SMARTS) is 1. The van der Waals surface area contributed by atoms with Gasteiger partial charge < -0.3 is 19.9 Å². The fourth-order valence-corrected chi connectivity index (χ4v) is 2.17. The Morgan fingerprint density at radius 2 is 2.04 bits per heavy atom. The van der Waals surface area contributed by atoms with E-state index < -0.39 is 5.97 Å². The Labute approximate surface area is 140 Å². The first-order valence-electron chi connectivity index (χ1n) is 7.49. The van der Waals surface area contributed by atoms with Crippen molar-refractivity contribution in [3.63, 3.8) is 0 Å². The molecule has 0 radical (unpaired) electrons. The smallest absolute Gasteiger partial charge is 0.303 e. The third kappa shape index (κ3) is 6.36. The van der Waals surface area contributed by atoms with E-state index in [-0.39, 0.29) is 12.3 Å². The summed E-state index contributed by atoms with van der Waals surface area (Å²) in [7, 11) is 1.48. The zero-order chi connectivity index (χ0) is 17.2. The van der Waals surface area contributed by atoms with Crippen molar-refractivity contribution >= 4 is 23.5 Å². The highest BCUT2D eigenvalue weighted by molar-refractivity contribution is 6.32. The Morgan fingerprint density at radius 3 is 2.65 bits per heavy atom. The Balaban J connectivity index is 2.66. The van der Waals surface area contributed by atoms with Gasteiger partial charge in [0.25, 0.3) is 5.91 Å². The summed E-state index contributed by atoms with van der Waals surface area (Å²) in [5.74, 6) is -0.297. The lowest BCUT2D eigenvalue weighted by Gasteiger charge is -2.13. The van der Waals surface area contributed by atoms with Crippen molar-refractivity contribution in [2.24, 2.45) is 0 Å². The number of methoxy groups -OCH3 is 1. The number of hydrogen-bond donors (Lipinski definition) is 2. The maximum Gasteiger partial charge on any atom is 0.303 e. The third-order valence-corrected chi connectivity index (χ3v) is 3.33. The summed E-state index contributed by atoms with van der Waals surface area (Å²) in [5, 5.41) is 11.6. The Kier molecular flexibility index (Phi) is 8.26. The van der Waals surface area contributed by atoms with Gasteiger partial charge >= 0.3 is 5.97 Å². The Morgan fingerprint density at radius 1 is 1.30 bits per heavy atom. The van der Waals surface area contributed by atoms with Crippen LogP contribution in [0.2, 0.25) is 5.02 Å². The van der Waals surface area contributed by atoms with Crippen LogP contribution >= 0.6 is 11.6 Å². The molecule has 7 heteroatoms. The van der Waals surface area contributed by atoms with Gasteiger partial charge in [-0.2, -0.15) is 0 Å². The van der Waals surface area contributed by atoms with Crippen molar-refractivity contribution in [3.8, 4) is 11.5 Å². The summed E-state index contributed by atoms with van der Waals surface area (Å²) in [4.78, 5) is 22.5. The minimum atomic E-state index is -0.837. The fraction of sp³-hybridized carbons (Fsp3) is 0.500. The molecule has 0 saturated heterocycles. The average molecular weight is 344 g/mol. The Bertz CT molecular complexity index is 548. The van der Waals surface area contributed by atoms with E-state index >= 15 is 0 Å². The summed E-state index contributed by atoms with van der Waals surface area (Å²) in [6, 6.07) is 3.10. The molecule has 0 unspecified atom stereocenters. The van der Waals surface area contributed by atoms with Gasteiger partial charge in [0.05, 0.1) is 18.7 Å². The molecule has 0 fully saturated rings. The maximum absolute atomic E-state index is 12.1. The molecule has 6 nitrogen and oxygen atoms in total. The highest BCUT2D eigenvalue weighted by Crippen LogP contribution is 2.36. The first kappa shape index (κ1) is 19.1. The largest absolute Gasteiger partial charge is 0.493 e. The topological polar surface area (TPSA) is 84.9 Å². The number of carbonyl (C=O) groups excluding carboxylic acids is 1. The maximum atomic E-state index is 12.1. The molecule has 0 saturated carbocycles. The van der Waals surface area contributed by atoms with Gasteiger partial charge in [0, 0.05) is 18.5 Å². The van der Waals surface area contributed by atoms with Gasteiger partial charge in [-0.3, -0.25) is 9.59 Å². The predicted molar refractivity (Wildman–Crippen MR) is 87.6 cm³/mol. The number of rotatable bonds is 10. The van der Waals surface area contributed by atoms with Crippen molar-refractivity contribution in [1.29, 1.82) is 0 Å². The van der Waals surface area contributed by atoms with Gasteiger partial charge in [0.1, 0.15) is 0 Å². The van der Waals surface area contributed by atoms with Gasteiger partial charge in [0.2, 0.25) is 0 Å². The molecule has 0 bridgehead atoms. The van der Waals surface area contributed by atoms with Crippen molar-refractivity contribution in [1.82, 2.24) is 5.32 Å². The summed E-state index contributed by atoms with van der Waals surface area (Å²) in [5.41, 5.74) is 0.369. The van der Waals surface area contributed by atoms with Crippen molar-refractivity contribution in [2.45, 2.75) is 32.6 Å². The number of nitrogens with one attached hydrogen (secondary N) is 1. The standard InChI is InChI=1S/C16H22ClNO5/c1-3-8-23-15-12(17)9-11(10-13(15)22-2)16(21)18-7-5-4-6-14(19)20/h9-10H,3-8H2,1-2H3,(H,18,21)(H,19,20). The van der Waals surface area contributed by atoms with Crippen LogP contribution in [0.25, 0.3) is 0 Å². The van der Waals surface area contributed by atoms with E-state index in [2.05, 4.69) is 5.32 Å². The van der Waals surface area contributed by atoms with Crippen LogP contribution in [0.4, 0.5) is 0 Å². The van der Waals surface area contributed by atoms with Crippen LogP contribution in [0.3, 0.4) is 0 Å². The number of halogens is 1. The van der Waals surface area contributed by atoms with Crippen LogP contribution in [-0.4, -0.2) is 37.2 Å². The second kappa shape index (κ2) is 9.94. The highest BCUT2D eigenvalue weighted by atomic mass is 35.5. The number of unbranched alkanes of at least 4 members (excludes halogenated alkanes) is 1. The first-order valence-corrected chi connectivity index (χ1v) is 7.87. The molecule has 1 amide bonds. The lowest BCUT2D eigenvalue weighted by Crippen LogP contribution is -2.24. The van der Waals surface area contributed by atoms with E-state index in [9.17, 15) is 9.59 Å². The Hall–Kier alpha value is -1.95. The number of carbonyl (C=O) groups is 2. The van der Waals surface area contributed by atoms with E-state index in [0.29, 0.717) is 48.1 Å². The van der Waals surface area contributed by atoms with E-state index in [1.54, 1.807) is 6.07 Å². The summed E-state index contributed by atoms with van der Waals surface area (Å²) in [6.07, 6.45) is 2.04. The monoisotopic (exact) mass is 343 g/mol. The van der Waals surface area contributed by atoms with E-state index in [1.807, 2.05) is 6.92 Å². The normalized spacial score (nSPS) is 10.2. The summed E-state index contributed by atoms with van der Waals surface area (Å²) in [6.45, 7) is 2.89.